The Labute approximate surface area is 112 Å². The number of benzene rings is 1. The zero-order chi connectivity index (χ0) is 13.8. The maximum Gasteiger partial charge on any atom is 0.326 e. The van der Waals surface area contributed by atoms with E-state index in [1.165, 1.54) is 0 Å². The molecule has 0 saturated carbocycles. The van der Waals surface area contributed by atoms with Gasteiger partial charge in [0.25, 0.3) is 5.91 Å². The molecule has 0 bridgehead atoms. The van der Waals surface area contributed by atoms with Crippen LogP contribution in [0.1, 0.15) is 41.3 Å². The first kappa shape index (κ1) is 13.3. The molecule has 1 atom stereocenters. The van der Waals surface area contributed by atoms with Crippen molar-refractivity contribution in [1.29, 1.82) is 0 Å². The molecule has 100 valence electrons. The Kier molecular flexibility index (Phi) is 4.00. The summed E-state index contributed by atoms with van der Waals surface area (Å²) in [6, 6.07) is 4.66. The number of amides is 1. The standard InChI is InChI=1S/C15H17NO3/c1-2-13(15(18)19)16-14(17)12-8-7-10-5-3-4-6-11(10)9-12/h3,5,7-9,13H,2,4,6H2,1H3,(H,16,17)(H,18,19). The summed E-state index contributed by atoms with van der Waals surface area (Å²) >= 11 is 0. The van der Waals surface area contributed by atoms with Crippen molar-refractivity contribution in [2.45, 2.75) is 32.2 Å². The molecule has 0 saturated heterocycles. The van der Waals surface area contributed by atoms with Gasteiger partial charge in [0.1, 0.15) is 6.04 Å². The number of allylic oxidation sites excluding steroid dienone is 1. The van der Waals surface area contributed by atoms with E-state index in [0.717, 1.165) is 24.0 Å². The molecule has 0 radical (unpaired) electrons. The van der Waals surface area contributed by atoms with E-state index in [0.29, 0.717) is 12.0 Å². The first-order chi connectivity index (χ1) is 9.11. The molecular weight excluding hydrogens is 242 g/mol. The predicted molar refractivity (Wildman–Crippen MR) is 73.0 cm³/mol. The Morgan fingerprint density at radius 3 is 2.89 bits per heavy atom. The number of rotatable bonds is 4. The molecule has 1 aliphatic rings. The number of carbonyl (C=O) groups excluding carboxylic acids is 1. The van der Waals surface area contributed by atoms with Crippen molar-refractivity contribution in [3.05, 3.63) is 41.0 Å². The number of carbonyl (C=O) groups is 2. The first-order valence-electron chi connectivity index (χ1n) is 6.45. The fourth-order valence-electron chi connectivity index (χ4n) is 2.16. The van der Waals surface area contributed by atoms with Crippen LogP contribution in [0.25, 0.3) is 6.08 Å². The van der Waals surface area contributed by atoms with Crippen LogP contribution >= 0.6 is 0 Å². The molecular formula is C15H17NO3. The van der Waals surface area contributed by atoms with E-state index in [4.69, 9.17) is 5.11 Å². The van der Waals surface area contributed by atoms with E-state index >= 15 is 0 Å². The van der Waals surface area contributed by atoms with Gasteiger partial charge >= 0.3 is 5.97 Å². The second kappa shape index (κ2) is 5.69. The Balaban J connectivity index is 2.16. The highest BCUT2D eigenvalue weighted by Gasteiger charge is 2.19. The van der Waals surface area contributed by atoms with Crippen molar-refractivity contribution in [1.82, 2.24) is 5.32 Å². The number of hydrogen-bond donors (Lipinski definition) is 2. The smallest absolute Gasteiger partial charge is 0.326 e. The molecule has 2 N–H and O–H groups in total. The second-order valence-corrected chi connectivity index (χ2v) is 4.63. The van der Waals surface area contributed by atoms with Crippen molar-refractivity contribution in [2.24, 2.45) is 0 Å². The van der Waals surface area contributed by atoms with E-state index in [9.17, 15) is 9.59 Å². The minimum Gasteiger partial charge on any atom is -0.480 e. The Morgan fingerprint density at radius 2 is 2.21 bits per heavy atom. The Bertz CT molecular complexity index is 534. The molecule has 1 aromatic carbocycles. The molecule has 1 amide bonds. The fraction of sp³-hybridized carbons (Fsp3) is 0.333. The van der Waals surface area contributed by atoms with Crippen LogP contribution in [0, 0.1) is 0 Å². The number of carboxylic acids is 1. The lowest BCUT2D eigenvalue weighted by atomic mass is 9.95. The van der Waals surface area contributed by atoms with Gasteiger partial charge in [-0.25, -0.2) is 4.79 Å². The van der Waals surface area contributed by atoms with Crippen molar-refractivity contribution in [3.8, 4) is 0 Å². The SMILES string of the molecule is CCC(NC(=O)c1ccc2c(c1)CCC=C2)C(=O)O. The van der Waals surface area contributed by atoms with Crippen LogP contribution in [0.15, 0.2) is 24.3 Å². The maximum absolute atomic E-state index is 12.0. The summed E-state index contributed by atoms with van der Waals surface area (Å²) in [5.74, 6) is -1.33. The van der Waals surface area contributed by atoms with Crippen molar-refractivity contribution >= 4 is 18.0 Å². The summed E-state index contributed by atoms with van der Waals surface area (Å²) in [6.45, 7) is 1.73. The van der Waals surface area contributed by atoms with E-state index in [2.05, 4.69) is 11.4 Å². The molecule has 19 heavy (non-hydrogen) atoms. The summed E-state index contributed by atoms with van der Waals surface area (Å²) in [5, 5.41) is 11.5. The van der Waals surface area contributed by atoms with Gasteiger partial charge in [0, 0.05) is 5.56 Å². The van der Waals surface area contributed by atoms with Crippen LogP contribution in [0.2, 0.25) is 0 Å². The van der Waals surface area contributed by atoms with Gasteiger partial charge in [-0.3, -0.25) is 4.79 Å². The van der Waals surface area contributed by atoms with Crippen LogP contribution in [-0.2, 0) is 11.2 Å². The molecule has 1 unspecified atom stereocenters. The Morgan fingerprint density at radius 1 is 1.42 bits per heavy atom. The quantitative estimate of drug-likeness (QED) is 0.871. The van der Waals surface area contributed by atoms with Gasteiger partial charge < -0.3 is 10.4 Å². The number of hydrogen-bond acceptors (Lipinski definition) is 2. The number of aliphatic carboxylic acids is 1. The van der Waals surface area contributed by atoms with Crippen molar-refractivity contribution < 1.29 is 14.7 Å². The van der Waals surface area contributed by atoms with Gasteiger partial charge in [-0.2, -0.15) is 0 Å². The molecule has 4 nitrogen and oxygen atoms in total. The maximum atomic E-state index is 12.0. The van der Waals surface area contributed by atoms with Gasteiger partial charge in [0.15, 0.2) is 0 Å². The van der Waals surface area contributed by atoms with Crippen molar-refractivity contribution in [2.75, 3.05) is 0 Å². The van der Waals surface area contributed by atoms with E-state index in [1.807, 2.05) is 18.2 Å². The van der Waals surface area contributed by atoms with Gasteiger partial charge in [-0.05, 0) is 42.5 Å². The Hall–Kier alpha value is -2.10. The van der Waals surface area contributed by atoms with Gasteiger partial charge in [0.05, 0.1) is 0 Å². The number of aryl methyl sites for hydroxylation is 1. The van der Waals surface area contributed by atoms with Crippen LogP contribution in [0.3, 0.4) is 0 Å². The first-order valence-corrected chi connectivity index (χ1v) is 6.45. The highest BCUT2D eigenvalue weighted by atomic mass is 16.4. The lowest BCUT2D eigenvalue weighted by Gasteiger charge is -2.15. The molecule has 0 fully saturated rings. The van der Waals surface area contributed by atoms with E-state index in [-0.39, 0.29) is 5.91 Å². The molecule has 4 heteroatoms. The molecule has 0 aromatic heterocycles. The summed E-state index contributed by atoms with van der Waals surface area (Å²) in [4.78, 5) is 22.9. The average molecular weight is 259 g/mol. The molecule has 0 spiro atoms. The monoisotopic (exact) mass is 259 g/mol. The van der Waals surface area contributed by atoms with Crippen LogP contribution in [0.5, 0.6) is 0 Å². The predicted octanol–water partition coefficient (Wildman–Crippen LogP) is 2.24. The summed E-state index contributed by atoms with van der Waals surface area (Å²) in [6.07, 6.45) is 6.43. The van der Waals surface area contributed by atoms with E-state index < -0.39 is 12.0 Å². The van der Waals surface area contributed by atoms with Crippen LogP contribution < -0.4 is 5.32 Å². The normalized spacial score (nSPS) is 14.6. The summed E-state index contributed by atoms with van der Waals surface area (Å²) < 4.78 is 0. The summed E-state index contributed by atoms with van der Waals surface area (Å²) in [7, 11) is 0. The minimum atomic E-state index is -1.00. The minimum absolute atomic E-state index is 0.327. The number of nitrogens with one attached hydrogen (secondary N) is 1. The second-order valence-electron chi connectivity index (χ2n) is 4.63. The van der Waals surface area contributed by atoms with Gasteiger partial charge in [-0.1, -0.05) is 25.1 Å². The summed E-state index contributed by atoms with van der Waals surface area (Å²) in [5.41, 5.74) is 2.79. The van der Waals surface area contributed by atoms with Crippen molar-refractivity contribution in [3.63, 3.8) is 0 Å². The zero-order valence-electron chi connectivity index (χ0n) is 10.8. The number of carboxylic acid groups (broad SMARTS) is 1. The third kappa shape index (κ3) is 3.02. The zero-order valence-corrected chi connectivity index (χ0v) is 10.8. The van der Waals surface area contributed by atoms with Gasteiger partial charge in [0.2, 0.25) is 0 Å². The molecule has 2 rings (SSSR count). The number of fused-ring (bicyclic) bond motifs is 1. The average Bonchev–Trinajstić information content (AvgIpc) is 2.43. The molecule has 1 aromatic rings. The lowest BCUT2D eigenvalue weighted by molar-refractivity contribution is -0.139. The molecule has 1 aliphatic carbocycles. The topological polar surface area (TPSA) is 66.4 Å². The van der Waals surface area contributed by atoms with Gasteiger partial charge in [-0.15, -0.1) is 0 Å². The highest BCUT2D eigenvalue weighted by molar-refractivity contribution is 5.97. The lowest BCUT2D eigenvalue weighted by Crippen LogP contribution is -2.40. The molecule has 0 heterocycles. The largest absolute Gasteiger partial charge is 0.480 e. The van der Waals surface area contributed by atoms with E-state index in [1.54, 1.807) is 13.0 Å². The third-order valence-corrected chi connectivity index (χ3v) is 3.29. The van der Waals surface area contributed by atoms with Crippen LogP contribution in [-0.4, -0.2) is 23.0 Å². The van der Waals surface area contributed by atoms with Crippen LogP contribution in [0.4, 0.5) is 0 Å². The molecule has 0 aliphatic heterocycles. The third-order valence-electron chi connectivity index (χ3n) is 3.29. The fourth-order valence-corrected chi connectivity index (χ4v) is 2.16. The highest BCUT2D eigenvalue weighted by Crippen LogP contribution is 2.20.